The van der Waals surface area contributed by atoms with Gasteiger partial charge in [-0.15, -0.1) is 0 Å². The normalized spacial score (nSPS) is 19.8. The second-order valence-corrected chi connectivity index (χ2v) is 12.7. The molecule has 3 atom stereocenters. The van der Waals surface area contributed by atoms with Gasteiger partial charge in [-0.25, -0.2) is 14.5 Å². The van der Waals surface area contributed by atoms with E-state index in [1.54, 1.807) is 49.1 Å². The molecule has 11 heteroatoms. The van der Waals surface area contributed by atoms with E-state index in [9.17, 15) is 15.2 Å². The standard InChI is InChI=1S/C31H32ClN7O3/c1-30(2,41)17-42-20-10-21(28-19(11-33)13-36-39(28)14-20)18-7-8-25(35-12-18)38-15-22-23(16-38)26(22)31(3,4)37-29(40)27-24(32)6-5-9-34-27/h5-10,12-14,22-23,26,41H,15-17H2,1-4H3,(H,37,40)/t22-,23+,26?. The Morgan fingerprint density at radius 2 is 1.95 bits per heavy atom. The molecule has 4 aromatic rings. The number of nitriles is 1. The molecule has 10 nitrogen and oxygen atoms in total. The highest BCUT2D eigenvalue weighted by atomic mass is 35.5. The Labute approximate surface area is 248 Å². The Morgan fingerprint density at radius 1 is 1.19 bits per heavy atom. The fourth-order valence-electron chi connectivity index (χ4n) is 6.24. The average molecular weight is 586 g/mol. The van der Waals surface area contributed by atoms with Crippen molar-refractivity contribution in [3.8, 4) is 22.9 Å². The van der Waals surface area contributed by atoms with Gasteiger partial charge in [0.05, 0.1) is 34.1 Å². The van der Waals surface area contributed by atoms with E-state index in [0.29, 0.717) is 39.6 Å². The Bertz CT molecular complexity index is 1690. The van der Waals surface area contributed by atoms with E-state index in [-0.39, 0.29) is 18.2 Å². The number of ether oxygens (including phenoxy) is 1. The molecule has 1 amide bonds. The first-order valence-corrected chi connectivity index (χ1v) is 14.2. The Kier molecular flexibility index (Phi) is 6.83. The Balaban J connectivity index is 1.16. The summed E-state index contributed by atoms with van der Waals surface area (Å²) >= 11 is 6.18. The van der Waals surface area contributed by atoms with E-state index in [2.05, 4.69) is 40.2 Å². The molecule has 0 radical (unpaired) electrons. The van der Waals surface area contributed by atoms with Crippen LogP contribution in [0.5, 0.6) is 5.75 Å². The first-order chi connectivity index (χ1) is 19.9. The van der Waals surface area contributed by atoms with Gasteiger partial charge in [0.2, 0.25) is 0 Å². The van der Waals surface area contributed by atoms with Crippen molar-refractivity contribution in [3.63, 3.8) is 0 Å². The molecule has 1 unspecified atom stereocenters. The van der Waals surface area contributed by atoms with E-state index in [1.165, 1.54) is 6.20 Å². The van der Waals surface area contributed by atoms with Crippen LogP contribution in [0.1, 0.15) is 43.7 Å². The molecule has 1 aliphatic carbocycles. The van der Waals surface area contributed by atoms with Gasteiger partial charge in [0, 0.05) is 42.1 Å². The van der Waals surface area contributed by atoms with Crippen molar-refractivity contribution < 1.29 is 14.6 Å². The highest BCUT2D eigenvalue weighted by Gasteiger charge is 2.62. The lowest BCUT2D eigenvalue weighted by Crippen LogP contribution is -2.48. The van der Waals surface area contributed by atoms with Gasteiger partial charge >= 0.3 is 0 Å². The number of hydrogen-bond acceptors (Lipinski definition) is 8. The number of amides is 1. The quantitative estimate of drug-likeness (QED) is 0.312. The molecule has 5 heterocycles. The number of nitrogens with zero attached hydrogens (tertiary/aromatic N) is 6. The van der Waals surface area contributed by atoms with Crippen molar-refractivity contribution in [2.45, 2.75) is 38.8 Å². The third-order valence-electron chi connectivity index (χ3n) is 8.12. The minimum absolute atomic E-state index is 0.108. The largest absolute Gasteiger partial charge is 0.489 e. The van der Waals surface area contributed by atoms with Crippen molar-refractivity contribution in [2.75, 3.05) is 24.6 Å². The summed E-state index contributed by atoms with van der Waals surface area (Å²) in [5.41, 5.74) is 1.57. The molecule has 0 aromatic carbocycles. The highest BCUT2D eigenvalue weighted by Crippen LogP contribution is 2.57. The molecule has 216 valence electrons. The summed E-state index contributed by atoms with van der Waals surface area (Å²) in [7, 11) is 0. The number of anilines is 1. The lowest BCUT2D eigenvalue weighted by Gasteiger charge is -2.31. The van der Waals surface area contributed by atoms with Crippen LogP contribution in [0.25, 0.3) is 16.6 Å². The number of pyridine rings is 3. The van der Waals surface area contributed by atoms with E-state index >= 15 is 0 Å². The van der Waals surface area contributed by atoms with Crippen molar-refractivity contribution in [1.82, 2.24) is 24.9 Å². The lowest BCUT2D eigenvalue weighted by atomic mass is 9.94. The molecule has 2 aliphatic rings. The van der Waals surface area contributed by atoms with Gasteiger partial charge in [-0.3, -0.25) is 4.79 Å². The molecular formula is C31H32ClN7O3. The van der Waals surface area contributed by atoms with Crippen LogP contribution in [0.3, 0.4) is 0 Å². The predicted octanol–water partition coefficient (Wildman–Crippen LogP) is 4.36. The number of carbonyl (C=O) groups excluding carboxylic acids is 1. The Hall–Kier alpha value is -4.20. The van der Waals surface area contributed by atoms with Crippen LogP contribution in [-0.2, 0) is 0 Å². The highest BCUT2D eigenvalue weighted by molar-refractivity contribution is 6.33. The van der Waals surface area contributed by atoms with Crippen LogP contribution in [-0.4, -0.2) is 61.4 Å². The number of aromatic nitrogens is 4. The Morgan fingerprint density at radius 3 is 2.60 bits per heavy atom. The number of nitrogens with one attached hydrogen (secondary N) is 1. The molecule has 1 saturated heterocycles. The van der Waals surface area contributed by atoms with Crippen LogP contribution in [0.15, 0.2) is 55.1 Å². The van der Waals surface area contributed by atoms with Crippen LogP contribution < -0.4 is 15.0 Å². The summed E-state index contributed by atoms with van der Waals surface area (Å²) in [6, 6.07) is 11.4. The SMILES string of the molecule is CC(C)(O)COc1cc(-c2ccc(N3C[C@@H]4C(C(C)(C)NC(=O)c5ncccc5Cl)[C@@H]4C3)nc2)c2c(C#N)cnn2c1. The maximum atomic E-state index is 12.9. The third-order valence-corrected chi connectivity index (χ3v) is 8.42. The first-order valence-electron chi connectivity index (χ1n) is 13.9. The molecule has 4 aromatic heterocycles. The molecule has 2 N–H and O–H groups in total. The first kappa shape index (κ1) is 27.9. The fourth-order valence-corrected chi connectivity index (χ4v) is 6.45. The van der Waals surface area contributed by atoms with Crippen LogP contribution in [0.2, 0.25) is 5.02 Å². The second-order valence-electron chi connectivity index (χ2n) is 12.3. The smallest absolute Gasteiger partial charge is 0.271 e. The molecule has 6 rings (SSSR count). The van der Waals surface area contributed by atoms with Crippen LogP contribution in [0.4, 0.5) is 5.82 Å². The monoisotopic (exact) mass is 585 g/mol. The van der Waals surface area contributed by atoms with E-state index in [0.717, 1.165) is 30.0 Å². The number of rotatable bonds is 8. The minimum Gasteiger partial charge on any atom is -0.489 e. The van der Waals surface area contributed by atoms with Crippen molar-refractivity contribution in [3.05, 3.63) is 71.4 Å². The average Bonchev–Trinajstić information content (AvgIpc) is 3.26. The number of aliphatic hydroxyl groups is 1. The van der Waals surface area contributed by atoms with Crippen LogP contribution in [0, 0.1) is 29.1 Å². The maximum absolute atomic E-state index is 12.9. The number of hydrogen-bond donors (Lipinski definition) is 2. The van der Waals surface area contributed by atoms with Gasteiger partial charge in [-0.2, -0.15) is 10.4 Å². The lowest BCUT2D eigenvalue weighted by molar-refractivity contribution is 0.0283. The summed E-state index contributed by atoms with van der Waals surface area (Å²) in [5.74, 6) is 2.41. The maximum Gasteiger partial charge on any atom is 0.271 e. The van der Waals surface area contributed by atoms with E-state index in [4.69, 9.17) is 21.3 Å². The topological polar surface area (TPSA) is 129 Å². The molecular weight excluding hydrogens is 554 g/mol. The van der Waals surface area contributed by atoms with Gasteiger partial charge in [-0.1, -0.05) is 11.6 Å². The number of fused-ring (bicyclic) bond motifs is 2. The summed E-state index contributed by atoms with van der Waals surface area (Å²) in [6.07, 6.45) is 6.61. The van der Waals surface area contributed by atoms with Gasteiger partial charge in [0.15, 0.2) is 0 Å². The number of piperidine rings is 1. The second kappa shape index (κ2) is 10.3. The zero-order valence-corrected chi connectivity index (χ0v) is 24.6. The summed E-state index contributed by atoms with van der Waals surface area (Å²) in [6.45, 7) is 9.31. The van der Waals surface area contributed by atoms with Crippen molar-refractivity contribution >= 4 is 28.8 Å². The molecule has 42 heavy (non-hydrogen) atoms. The van der Waals surface area contributed by atoms with Gasteiger partial charge in [0.1, 0.15) is 29.9 Å². The zero-order valence-electron chi connectivity index (χ0n) is 23.9. The molecule has 0 spiro atoms. The number of carbonyl (C=O) groups is 1. The third kappa shape index (κ3) is 5.26. The van der Waals surface area contributed by atoms with Gasteiger partial charge in [0.25, 0.3) is 5.91 Å². The minimum atomic E-state index is -0.997. The summed E-state index contributed by atoms with van der Waals surface area (Å²) in [4.78, 5) is 24.1. The summed E-state index contributed by atoms with van der Waals surface area (Å²) in [5, 5.41) is 27.6. The van der Waals surface area contributed by atoms with Crippen molar-refractivity contribution in [1.29, 1.82) is 5.26 Å². The summed E-state index contributed by atoms with van der Waals surface area (Å²) < 4.78 is 7.46. The molecule has 0 bridgehead atoms. The predicted molar refractivity (Wildman–Crippen MR) is 158 cm³/mol. The fraction of sp³-hybridized carbons (Fsp3) is 0.387. The molecule has 1 saturated carbocycles. The molecule has 2 fully saturated rings. The van der Waals surface area contributed by atoms with E-state index < -0.39 is 11.1 Å². The van der Waals surface area contributed by atoms with Gasteiger partial charge < -0.3 is 20.1 Å². The zero-order chi connectivity index (χ0) is 29.8. The number of halogens is 1. The van der Waals surface area contributed by atoms with E-state index in [1.807, 2.05) is 18.2 Å². The molecule has 1 aliphatic heterocycles. The van der Waals surface area contributed by atoms with Gasteiger partial charge in [-0.05, 0) is 75.8 Å². The van der Waals surface area contributed by atoms with Crippen molar-refractivity contribution in [2.24, 2.45) is 17.8 Å². The van der Waals surface area contributed by atoms with Crippen LogP contribution >= 0.6 is 11.6 Å².